The summed E-state index contributed by atoms with van der Waals surface area (Å²) in [6.07, 6.45) is 0. The van der Waals surface area contributed by atoms with Gasteiger partial charge in [-0.15, -0.1) is 0 Å². The van der Waals surface area contributed by atoms with Gasteiger partial charge < -0.3 is 19.3 Å². The van der Waals surface area contributed by atoms with Crippen LogP contribution in [0.4, 0.5) is 11.4 Å². The number of esters is 2. The van der Waals surface area contributed by atoms with Crippen LogP contribution in [-0.4, -0.2) is 54.3 Å². The zero-order valence-electron chi connectivity index (χ0n) is 12.7. The van der Waals surface area contributed by atoms with Gasteiger partial charge in [0, 0.05) is 28.2 Å². The molecule has 1 rings (SSSR count). The van der Waals surface area contributed by atoms with Crippen molar-refractivity contribution >= 4 is 23.3 Å². The Kier molecular flexibility index (Phi) is 4.96. The van der Waals surface area contributed by atoms with E-state index in [1.54, 1.807) is 50.1 Å². The van der Waals surface area contributed by atoms with Crippen LogP contribution in [0.1, 0.15) is 20.7 Å². The Morgan fingerprint density at radius 2 is 1.10 bits per heavy atom. The van der Waals surface area contributed by atoms with E-state index >= 15 is 0 Å². The van der Waals surface area contributed by atoms with E-state index in [0.717, 1.165) is 0 Å². The maximum absolute atomic E-state index is 11.9. The van der Waals surface area contributed by atoms with Crippen molar-refractivity contribution in [1.29, 1.82) is 0 Å². The molecule has 0 heterocycles. The molecule has 1 aromatic carbocycles. The Balaban J connectivity index is 3.59. The molecule has 0 spiro atoms. The van der Waals surface area contributed by atoms with Crippen molar-refractivity contribution in [3.05, 3.63) is 23.3 Å². The van der Waals surface area contributed by atoms with Crippen LogP contribution in [0.5, 0.6) is 0 Å². The van der Waals surface area contributed by atoms with Gasteiger partial charge >= 0.3 is 11.9 Å². The van der Waals surface area contributed by atoms with E-state index in [9.17, 15) is 9.59 Å². The van der Waals surface area contributed by atoms with E-state index in [1.807, 2.05) is 0 Å². The maximum atomic E-state index is 11.9. The number of carbonyl (C=O) groups is 2. The molecule has 0 aliphatic carbocycles. The van der Waals surface area contributed by atoms with Crippen LogP contribution in [0, 0.1) is 0 Å². The largest absolute Gasteiger partial charge is 0.465 e. The third-order valence-corrected chi connectivity index (χ3v) is 2.89. The summed E-state index contributed by atoms with van der Waals surface area (Å²) < 4.78 is 9.58. The van der Waals surface area contributed by atoms with Crippen LogP contribution < -0.4 is 9.80 Å². The van der Waals surface area contributed by atoms with Crippen molar-refractivity contribution in [2.45, 2.75) is 0 Å². The fourth-order valence-corrected chi connectivity index (χ4v) is 1.86. The second kappa shape index (κ2) is 6.27. The molecule has 0 saturated heterocycles. The van der Waals surface area contributed by atoms with E-state index in [-0.39, 0.29) is 0 Å². The lowest BCUT2D eigenvalue weighted by Crippen LogP contribution is -2.20. The Morgan fingerprint density at radius 1 is 0.800 bits per heavy atom. The number of hydrogen-bond donors (Lipinski definition) is 0. The van der Waals surface area contributed by atoms with Gasteiger partial charge in [0.1, 0.15) is 0 Å². The molecule has 0 aliphatic heterocycles. The van der Waals surface area contributed by atoms with Crippen molar-refractivity contribution < 1.29 is 19.1 Å². The van der Waals surface area contributed by atoms with Gasteiger partial charge in [-0.05, 0) is 12.1 Å². The highest BCUT2D eigenvalue weighted by Gasteiger charge is 2.22. The number of hydrogen-bond acceptors (Lipinski definition) is 6. The third-order valence-electron chi connectivity index (χ3n) is 2.89. The van der Waals surface area contributed by atoms with Gasteiger partial charge in [-0.3, -0.25) is 0 Å². The van der Waals surface area contributed by atoms with Crippen molar-refractivity contribution in [1.82, 2.24) is 0 Å². The predicted octanol–water partition coefficient (Wildman–Crippen LogP) is 1.39. The number of ether oxygens (including phenoxy) is 2. The molecule has 0 aliphatic rings. The SMILES string of the molecule is COC(=O)c1cc(N(C)C)c(C(=O)OC)cc1N(C)C. The predicted molar refractivity (Wildman–Crippen MR) is 77.8 cm³/mol. The first-order chi connectivity index (χ1) is 9.33. The van der Waals surface area contributed by atoms with E-state index < -0.39 is 11.9 Å². The van der Waals surface area contributed by atoms with E-state index in [1.165, 1.54) is 14.2 Å². The lowest BCUT2D eigenvalue weighted by atomic mass is 10.0. The minimum absolute atomic E-state index is 0.397. The second-order valence-corrected chi connectivity index (χ2v) is 4.66. The first kappa shape index (κ1) is 15.8. The highest BCUT2D eigenvalue weighted by Crippen LogP contribution is 2.30. The average Bonchev–Trinajstić information content (AvgIpc) is 2.43. The molecule has 0 saturated carbocycles. The number of methoxy groups -OCH3 is 2. The van der Waals surface area contributed by atoms with Crippen LogP contribution in [0.2, 0.25) is 0 Å². The lowest BCUT2D eigenvalue weighted by Gasteiger charge is -2.22. The molecule has 6 nitrogen and oxygen atoms in total. The molecule has 0 aromatic heterocycles. The van der Waals surface area contributed by atoms with Crippen molar-refractivity contribution in [2.75, 3.05) is 52.2 Å². The summed E-state index contributed by atoms with van der Waals surface area (Å²) in [6, 6.07) is 3.26. The molecule has 0 atom stereocenters. The molecule has 0 unspecified atom stereocenters. The van der Waals surface area contributed by atoms with Crippen LogP contribution in [0.25, 0.3) is 0 Å². The quantitative estimate of drug-likeness (QED) is 0.777. The average molecular weight is 280 g/mol. The van der Waals surface area contributed by atoms with Gasteiger partial charge in [-0.1, -0.05) is 0 Å². The van der Waals surface area contributed by atoms with Crippen LogP contribution in [0.15, 0.2) is 12.1 Å². The molecule has 0 amide bonds. The van der Waals surface area contributed by atoms with Crippen LogP contribution >= 0.6 is 0 Å². The standard InChI is InChI=1S/C14H20N2O4/c1-15(2)11-7-10(14(18)20-6)12(16(3)4)8-9(11)13(17)19-5/h7-8H,1-6H3. The second-order valence-electron chi connectivity index (χ2n) is 4.66. The highest BCUT2D eigenvalue weighted by molar-refractivity contribution is 6.03. The smallest absolute Gasteiger partial charge is 0.340 e. The van der Waals surface area contributed by atoms with Gasteiger partial charge in [-0.25, -0.2) is 9.59 Å². The monoisotopic (exact) mass is 280 g/mol. The van der Waals surface area contributed by atoms with Crippen molar-refractivity contribution in [3.8, 4) is 0 Å². The normalized spacial score (nSPS) is 9.90. The molecule has 0 radical (unpaired) electrons. The highest BCUT2D eigenvalue weighted by atomic mass is 16.5. The summed E-state index contributed by atoms with van der Waals surface area (Å²) in [7, 11) is 9.81. The topological polar surface area (TPSA) is 59.1 Å². The molecule has 20 heavy (non-hydrogen) atoms. The summed E-state index contributed by atoms with van der Waals surface area (Å²) >= 11 is 0. The summed E-state index contributed by atoms with van der Waals surface area (Å²) in [5, 5.41) is 0. The van der Waals surface area contributed by atoms with Crippen molar-refractivity contribution in [2.24, 2.45) is 0 Å². The molecule has 6 heteroatoms. The molecular formula is C14H20N2O4. The van der Waals surface area contributed by atoms with E-state index in [2.05, 4.69) is 0 Å². The van der Waals surface area contributed by atoms with E-state index in [4.69, 9.17) is 9.47 Å². The Bertz CT molecular complexity index is 476. The summed E-state index contributed by atoms with van der Waals surface area (Å²) in [4.78, 5) is 27.3. The van der Waals surface area contributed by atoms with Crippen LogP contribution in [-0.2, 0) is 9.47 Å². The molecule has 0 N–H and O–H groups in total. The fraction of sp³-hybridized carbons (Fsp3) is 0.429. The number of carbonyl (C=O) groups excluding carboxylic acids is 2. The molecule has 1 aromatic rings. The Labute approximate surface area is 118 Å². The summed E-state index contributed by atoms with van der Waals surface area (Å²) in [6.45, 7) is 0. The van der Waals surface area contributed by atoms with Gasteiger partial charge in [0.05, 0.1) is 36.7 Å². The number of anilines is 2. The number of nitrogens with zero attached hydrogens (tertiary/aromatic N) is 2. The first-order valence-corrected chi connectivity index (χ1v) is 6.02. The molecular weight excluding hydrogens is 260 g/mol. The van der Waals surface area contributed by atoms with Gasteiger partial charge in [0.2, 0.25) is 0 Å². The van der Waals surface area contributed by atoms with Gasteiger partial charge in [0.15, 0.2) is 0 Å². The van der Waals surface area contributed by atoms with Crippen molar-refractivity contribution in [3.63, 3.8) is 0 Å². The lowest BCUT2D eigenvalue weighted by molar-refractivity contribution is 0.0588. The van der Waals surface area contributed by atoms with Crippen LogP contribution in [0.3, 0.4) is 0 Å². The summed E-state index contributed by atoms with van der Waals surface area (Å²) in [5.74, 6) is -0.901. The third kappa shape index (κ3) is 3.01. The summed E-state index contributed by atoms with van der Waals surface area (Å²) in [5.41, 5.74) is 1.99. The Hall–Kier alpha value is -2.24. The van der Waals surface area contributed by atoms with E-state index in [0.29, 0.717) is 22.5 Å². The minimum Gasteiger partial charge on any atom is -0.465 e. The van der Waals surface area contributed by atoms with Gasteiger partial charge in [-0.2, -0.15) is 0 Å². The number of benzene rings is 1. The molecule has 0 bridgehead atoms. The number of rotatable bonds is 4. The molecule has 110 valence electrons. The Morgan fingerprint density at radius 3 is 1.30 bits per heavy atom. The minimum atomic E-state index is -0.451. The maximum Gasteiger partial charge on any atom is 0.340 e. The first-order valence-electron chi connectivity index (χ1n) is 6.02. The zero-order valence-corrected chi connectivity index (χ0v) is 12.7. The fourth-order valence-electron chi connectivity index (χ4n) is 1.86. The zero-order chi connectivity index (χ0) is 15.4. The van der Waals surface area contributed by atoms with Gasteiger partial charge in [0.25, 0.3) is 0 Å². The molecule has 0 fully saturated rings.